The molecular formula is C107H128N16O4S. The molecular weight excluding hydrogens is 1610 g/mol. The fraction of sp³-hybridized carbons (Fsp3) is 0.327. The third-order valence-corrected chi connectivity index (χ3v) is 25.3. The van der Waals surface area contributed by atoms with Gasteiger partial charge in [-0.25, -0.2) is 0 Å². The van der Waals surface area contributed by atoms with E-state index < -0.39 is 0 Å². The average Bonchev–Trinajstić information content (AvgIpc) is 1.02. The van der Waals surface area contributed by atoms with Crippen LogP contribution in [-0.4, -0.2) is 98.7 Å². The first-order chi connectivity index (χ1) is 61.9. The van der Waals surface area contributed by atoms with E-state index in [1.165, 1.54) is 100 Å². The van der Waals surface area contributed by atoms with Crippen molar-refractivity contribution in [3.05, 3.63) is 352 Å². The van der Waals surface area contributed by atoms with Crippen molar-refractivity contribution in [2.24, 2.45) is 36.5 Å². The number of aliphatic hydroxyl groups excluding tert-OH is 3. The highest BCUT2D eigenvalue weighted by Gasteiger charge is 2.27. The molecule has 13 N–H and O–H groups in total. The van der Waals surface area contributed by atoms with E-state index in [0.717, 1.165) is 213 Å². The third kappa shape index (κ3) is 28.0. The van der Waals surface area contributed by atoms with Gasteiger partial charge in [0, 0.05) is 118 Å². The maximum Gasteiger partial charge on any atom is 0.122 e. The first-order valence-corrected chi connectivity index (χ1v) is 46.1. The largest absolute Gasteiger partial charge is 0.493 e. The fourth-order valence-corrected chi connectivity index (χ4v) is 17.1. The Morgan fingerprint density at radius 1 is 0.328 bits per heavy atom. The van der Waals surface area contributed by atoms with Crippen molar-refractivity contribution < 1.29 is 20.1 Å². The van der Waals surface area contributed by atoms with Crippen molar-refractivity contribution in [3.8, 4) is 5.75 Å². The van der Waals surface area contributed by atoms with E-state index in [1.54, 1.807) is 11.8 Å². The lowest BCUT2D eigenvalue weighted by Crippen LogP contribution is -2.36. The highest BCUT2D eigenvalue weighted by Crippen LogP contribution is 2.35. The Kier molecular flexibility index (Phi) is 33.3. The van der Waals surface area contributed by atoms with Crippen LogP contribution in [0.5, 0.6) is 5.75 Å². The molecule has 0 saturated heterocycles. The van der Waals surface area contributed by atoms with Crippen molar-refractivity contribution in [1.82, 2.24) is 32.6 Å². The summed E-state index contributed by atoms with van der Waals surface area (Å²) in [4.78, 5) is 2.53. The molecule has 6 aliphatic heterocycles. The number of hydrogen-bond donors (Lipinski definition) is 13. The molecule has 0 aromatic heterocycles. The summed E-state index contributed by atoms with van der Waals surface area (Å²) in [5, 5.41) is 69.7. The Hall–Kier alpha value is -12.5. The van der Waals surface area contributed by atoms with Gasteiger partial charge in [0.15, 0.2) is 0 Å². The van der Waals surface area contributed by atoms with Gasteiger partial charge in [-0.05, 0) is 342 Å². The molecule has 0 amide bonds. The molecule has 0 spiro atoms. The second-order valence-electron chi connectivity index (χ2n) is 34.9. The van der Waals surface area contributed by atoms with Crippen molar-refractivity contribution in [1.29, 1.82) is 0 Å². The predicted octanol–water partition coefficient (Wildman–Crippen LogP) is 21.4. The lowest BCUT2D eigenvalue weighted by molar-refractivity contribution is 0.116. The summed E-state index contributed by atoms with van der Waals surface area (Å²) in [6.45, 7) is 38.5. The van der Waals surface area contributed by atoms with Crippen molar-refractivity contribution in [3.63, 3.8) is 0 Å². The molecule has 5 aliphatic carbocycles. The topological polar surface area (TPSA) is 264 Å². The summed E-state index contributed by atoms with van der Waals surface area (Å²) in [5.74, 6) is 1.76. The fourth-order valence-electron chi connectivity index (χ4n) is 16.2. The van der Waals surface area contributed by atoms with Crippen LogP contribution in [0.4, 0.5) is 22.7 Å². The number of hydrogen-bond acceptors (Lipinski definition) is 21. The Morgan fingerprint density at radius 3 is 1.05 bits per heavy atom. The summed E-state index contributed by atoms with van der Waals surface area (Å²) in [6, 6.07) is 48.3. The number of aliphatic hydroxyl groups is 3. The molecule has 0 radical (unpaired) electrons. The van der Waals surface area contributed by atoms with Gasteiger partial charge in [0.25, 0.3) is 0 Å². The lowest BCUT2D eigenvalue weighted by Gasteiger charge is -2.30. The van der Waals surface area contributed by atoms with Gasteiger partial charge in [-0.3, -0.25) is 32.6 Å². The van der Waals surface area contributed by atoms with Crippen LogP contribution in [0.2, 0.25) is 0 Å². The normalized spacial score (nSPS) is 20.9. The van der Waals surface area contributed by atoms with Gasteiger partial charge in [-0.15, -0.1) is 0 Å². The number of nitrogens with one attached hydrogen (secondary N) is 10. The number of rotatable bonds is 19. The van der Waals surface area contributed by atoms with Gasteiger partial charge >= 0.3 is 0 Å². The van der Waals surface area contributed by atoms with Crippen LogP contribution in [0.15, 0.2) is 320 Å². The zero-order chi connectivity index (χ0) is 90.0. The van der Waals surface area contributed by atoms with Crippen LogP contribution in [0, 0.1) is 54.4 Å². The van der Waals surface area contributed by atoms with Gasteiger partial charge in [0.1, 0.15) is 5.75 Å². The SMILES string of the molecule is C=C1C=CC(c2ccc(NC3CCC(O)CC3)c(C)c2)=NN1.C=C1C=CC(c2ccc(NC3CCCC(O)C3)c(C)c2)=NN1.C=C1C=CC(c2ccc(NC3CCCCC3)c(C)c2)=NN1.C=C1C=CC(c2ccc(NC3CCCCC3O)c(C)c2)=NN1.C=C1C=CC(c2ccc(OCC3CC3)c(C)c2)=NN1.C=C1C=CC(c2ccc(Sc3ccc(C)cc3)c(C)c2)=NN1. The Labute approximate surface area is 761 Å². The summed E-state index contributed by atoms with van der Waals surface area (Å²) in [7, 11) is 0. The van der Waals surface area contributed by atoms with E-state index in [9.17, 15) is 15.3 Å². The number of allylic oxidation sites excluding steroid dienone is 12. The van der Waals surface area contributed by atoms with Crippen LogP contribution >= 0.6 is 11.8 Å². The van der Waals surface area contributed by atoms with Gasteiger partial charge in [0.05, 0.1) is 65.2 Å². The molecule has 666 valence electrons. The van der Waals surface area contributed by atoms with E-state index >= 15 is 0 Å². The van der Waals surface area contributed by atoms with Crippen molar-refractivity contribution in [2.45, 2.75) is 223 Å². The Balaban J connectivity index is 0.000000131. The summed E-state index contributed by atoms with van der Waals surface area (Å²) in [6.07, 6.45) is 44.3. The molecule has 11 aliphatic rings. The number of aryl methyl sites for hydroxylation is 7. The maximum atomic E-state index is 10.1. The summed E-state index contributed by atoms with van der Waals surface area (Å²) >= 11 is 1.79. The van der Waals surface area contributed by atoms with E-state index in [4.69, 9.17) is 4.74 Å². The monoisotopic (exact) mass is 1730 g/mol. The first-order valence-electron chi connectivity index (χ1n) is 45.3. The number of benzene rings is 7. The molecule has 0 bridgehead atoms. The first kappa shape index (κ1) is 93.1. The van der Waals surface area contributed by atoms with Crippen molar-refractivity contribution >= 4 is 68.8 Å². The molecule has 4 unspecified atom stereocenters. The summed E-state index contributed by atoms with van der Waals surface area (Å²) < 4.78 is 5.83. The van der Waals surface area contributed by atoms with Gasteiger partial charge in [0.2, 0.25) is 0 Å². The van der Waals surface area contributed by atoms with Gasteiger partial charge in [-0.1, -0.05) is 131 Å². The number of ether oxygens (including phenoxy) is 1. The van der Waals surface area contributed by atoms with Crippen molar-refractivity contribution in [2.75, 3.05) is 27.9 Å². The van der Waals surface area contributed by atoms with Crippen LogP contribution < -0.4 is 58.6 Å². The second-order valence-corrected chi connectivity index (χ2v) is 36.1. The molecule has 5 fully saturated rings. The Bertz CT molecular complexity index is 5580. The van der Waals surface area contributed by atoms with E-state index in [0.29, 0.717) is 18.1 Å². The highest BCUT2D eigenvalue weighted by atomic mass is 32.2. The zero-order valence-electron chi connectivity index (χ0n) is 75.5. The predicted molar refractivity (Wildman–Crippen MR) is 534 cm³/mol. The molecule has 7 aromatic rings. The van der Waals surface area contributed by atoms with Crippen LogP contribution in [0.25, 0.3) is 0 Å². The number of anilines is 4. The van der Waals surface area contributed by atoms with Crippen LogP contribution in [0.3, 0.4) is 0 Å². The molecule has 18 rings (SSSR count). The average molecular weight is 1730 g/mol. The second kappa shape index (κ2) is 45.8. The third-order valence-electron chi connectivity index (χ3n) is 24.1. The van der Waals surface area contributed by atoms with Gasteiger partial charge < -0.3 is 41.3 Å². The smallest absolute Gasteiger partial charge is 0.122 e. The maximum absolute atomic E-state index is 10.1. The zero-order valence-corrected chi connectivity index (χ0v) is 76.3. The lowest BCUT2D eigenvalue weighted by atomic mass is 9.92. The number of nitrogens with zero attached hydrogens (tertiary/aromatic N) is 6. The highest BCUT2D eigenvalue weighted by molar-refractivity contribution is 7.99. The quantitative estimate of drug-likeness (QED) is 0.0359. The standard InChI is InChI=1S/C19H18N2S.3C18H23N3O.C18H23N3.C16H18N2O/c1-13-4-8-17(9-5-13)22-19-11-7-16(12-14(19)2)18-10-6-15(3)20-21-18;1-12-11-14(18-9-3-13(2)20-21-18)4-10-17(12)19-15-5-7-16(22)8-6-15;1-12-10-14(18-8-6-13(2)20-21-18)7-9-17(12)19-15-4-3-5-16(22)11-15;1-12-11-14(16-9-7-13(2)20-21-16)8-10-15(12)19-17-5-3-4-6-18(17)22;1-13-12-15(18-10-8-14(2)20-21-18)9-11-17(13)19-16-6-4-3-5-7-16;1-11-9-14(15-7-3-12(2)17-18-15)6-8-16(11)19-10-13-4-5-13/h4-12,20H,3H2,1-2H3;3-4,9-11,15-16,19-20,22H,2,5-8H2,1H3;6-10,15-16,19-20,22H,2-5,11H2,1H3;7-11,17-20,22H,2-6H2,1H3;8-12,16,19-20H,2-7H2,1H3;3,6-9,13,17H,2,4-5,10H2,1H3. The van der Waals surface area contributed by atoms with E-state index in [1.807, 2.05) is 85.0 Å². The number of hydrazone groups is 6. The van der Waals surface area contributed by atoms with Crippen LogP contribution in [-0.2, 0) is 0 Å². The molecule has 128 heavy (non-hydrogen) atoms. The molecule has 7 aromatic carbocycles. The minimum Gasteiger partial charge on any atom is -0.493 e. The summed E-state index contributed by atoms with van der Waals surface area (Å²) in [5.41, 5.74) is 47.6. The minimum absolute atomic E-state index is 0.111. The van der Waals surface area contributed by atoms with Crippen LogP contribution in [0.1, 0.15) is 194 Å². The molecule has 5 saturated carbocycles. The van der Waals surface area contributed by atoms with Gasteiger partial charge in [-0.2, -0.15) is 30.6 Å². The Morgan fingerprint density at radius 2 is 0.680 bits per heavy atom. The molecule has 6 heterocycles. The van der Waals surface area contributed by atoms with E-state index in [-0.39, 0.29) is 24.4 Å². The molecule has 4 atom stereocenters. The molecule has 21 heteroatoms. The molecule has 20 nitrogen and oxygen atoms in total. The minimum atomic E-state index is -0.242. The van der Waals surface area contributed by atoms with E-state index in [2.05, 4.69) is 294 Å².